The molecule has 1 aliphatic heterocycles. The van der Waals surface area contributed by atoms with Crippen molar-refractivity contribution in [2.75, 3.05) is 18.0 Å². The van der Waals surface area contributed by atoms with Gasteiger partial charge in [0.15, 0.2) is 0 Å². The fraction of sp³-hybridized carbons (Fsp3) is 0.350. The molecular formula is C20H23FN2O. The van der Waals surface area contributed by atoms with E-state index in [4.69, 9.17) is 0 Å². The van der Waals surface area contributed by atoms with Gasteiger partial charge in [-0.2, -0.15) is 0 Å². The molecular weight excluding hydrogens is 303 g/mol. The molecule has 1 saturated heterocycles. The van der Waals surface area contributed by atoms with Crippen molar-refractivity contribution in [3.8, 4) is 0 Å². The molecule has 0 aliphatic carbocycles. The number of hydrogen-bond donors (Lipinski definition) is 1. The summed E-state index contributed by atoms with van der Waals surface area (Å²) in [6.07, 6.45) is 0. The third-order valence-electron chi connectivity index (χ3n) is 4.74. The van der Waals surface area contributed by atoms with Gasteiger partial charge in [-0.1, -0.05) is 37.3 Å². The molecule has 1 amide bonds. The highest BCUT2D eigenvalue weighted by Crippen LogP contribution is 2.26. The van der Waals surface area contributed by atoms with E-state index in [2.05, 4.69) is 12.2 Å². The molecule has 0 saturated carbocycles. The first kappa shape index (κ1) is 16.7. The Bertz CT molecular complexity index is 717. The maximum atomic E-state index is 13.6. The zero-order chi connectivity index (χ0) is 17.1. The molecule has 0 aromatic heterocycles. The molecule has 2 aromatic rings. The average molecular weight is 326 g/mol. The number of halogens is 1. The molecule has 2 aromatic carbocycles. The van der Waals surface area contributed by atoms with Gasteiger partial charge in [-0.25, -0.2) is 4.39 Å². The van der Waals surface area contributed by atoms with Gasteiger partial charge >= 0.3 is 0 Å². The van der Waals surface area contributed by atoms with Crippen molar-refractivity contribution >= 4 is 11.6 Å². The van der Waals surface area contributed by atoms with Crippen LogP contribution in [0.5, 0.6) is 0 Å². The summed E-state index contributed by atoms with van der Waals surface area (Å²) in [4.78, 5) is 14.9. The molecule has 1 heterocycles. The van der Waals surface area contributed by atoms with Gasteiger partial charge in [-0.15, -0.1) is 0 Å². The van der Waals surface area contributed by atoms with Crippen LogP contribution in [0.25, 0.3) is 0 Å². The normalized spacial score (nSPS) is 20.1. The summed E-state index contributed by atoms with van der Waals surface area (Å²) in [5.74, 6) is 0.112. The molecule has 0 spiro atoms. The number of carbonyl (C=O) groups is 1. The lowest BCUT2D eigenvalue weighted by molar-refractivity contribution is -0.122. The zero-order valence-corrected chi connectivity index (χ0v) is 14.1. The first-order valence-electron chi connectivity index (χ1n) is 8.38. The predicted molar refractivity (Wildman–Crippen MR) is 94.3 cm³/mol. The summed E-state index contributed by atoms with van der Waals surface area (Å²) in [7, 11) is 0. The Hall–Kier alpha value is -2.20. The molecule has 2 atom stereocenters. The number of amides is 1. The van der Waals surface area contributed by atoms with E-state index in [1.54, 1.807) is 24.0 Å². The minimum absolute atomic E-state index is 0.0425. The zero-order valence-electron chi connectivity index (χ0n) is 14.1. The highest BCUT2D eigenvalue weighted by atomic mass is 19.1. The first-order valence-corrected chi connectivity index (χ1v) is 8.38. The molecule has 1 N–H and O–H groups in total. The minimum atomic E-state index is -0.248. The Kier molecular flexibility index (Phi) is 4.95. The van der Waals surface area contributed by atoms with Crippen LogP contribution in [0.15, 0.2) is 48.5 Å². The highest BCUT2D eigenvalue weighted by molar-refractivity contribution is 5.95. The lowest BCUT2D eigenvalue weighted by atomic mass is 9.96. The van der Waals surface area contributed by atoms with Gasteiger partial charge in [0.05, 0.1) is 12.5 Å². The van der Waals surface area contributed by atoms with E-state index in [1.807, 2.05) is 30.3 Å². The molecule has 4 heteroatoms. The van der Waals surface area contributed by atoms with Crippen molar-refractivity contribution in [2.45, 2.75) is 20.4 Å². The predicted octanol–water partition coefficient (Wildman–Crippen LogP) is 3.52. The van der Waals surface area contributed by atoms with Crippen LogP contribution in [-0.4, -0.2) is 19.0 Å². The fourth-order valence-electron chi connectivity index (χ4n) is 3.20. The Labute approximate surface area is 142 Å². The number of anilines is 1. The van der Waals surface area contributed by atoms with Gasteiger partial charge in [0, 0.05) is 12.2 Å². The van der Waals surface area contributed by atoms with Crippen LogP contribution in [-0.2, 0) is 11.3 Å². The van der Waals surface area contributed by atoms with Gasteiger partial charge in [0.1, 0.15) is 5.82 Å². The van der Waals surface area contributed by atoms with Crippen molar-refractivity contribution in [3.05, 3.63) is 65.5 Å². The largest absolute Gasteiger partial charge is 0.316 e. The van der Waals surface area contributed by atoms with Crippen LogP contribution in [0, 0.1) is 24.6 Å². The molecule has 24 heavy (non-hydrogen) atoms. The third-order valence-corrected chi connectivity index (χ3v) is 4.74. The second-order valence-corrected chi connectivity index (χ2v) is 6.59. The van der Waals surface area contributed by atoms with Crippen LogP contribution in [0.3, 0.4) is 0 Å². The second-order valence-electron chi connectivity index (χ2n) is 6.59. The Balaban J connectivity index is 1.93. The number of carbonyl (C=O) groups excluding carboxylic acids is 1. The van der Waals surface area contributed by atoms with E-state index in [1.165, 1.54) is 6.07 Å². The average Bonchev–Trinajstić information content (AvgIpc) is 3.02. The van der Waals surface area contributed by atoms with Crippen molar-refractivity contribution in [3.63, 3.8) is 0 Å². The smallest absolute Gasteiger partial charge is 0.232 e. The van der Waals surface area contributed by atoms with Gasteiger partial charge in [-0.05, 0) is 48.7 Å². The third kappa shape index (κ3) is 3.49. The Morgan fingerprint density at radius 1 is 1.21 bits per heavy atom. The van der Waals surface area contributed by atoms with Crippen LogP contribution in [0.2, 0.25) is 0 Å². The van der Waals surface area contributed by atoms with E-state index in [-0.39, 0.29) is 17.6 Å². The second kappa shape index (κ2) is 7.14. The number of nitrogens with zero attached hydrogens (tertiary/aromatic N) is 1. The van der Waals surface area contributed by atoms with Crippen molar-refractivity contribution < 1.29 is 9.18 Å². The lowest BCUT2D eigenvalue weighted by Gasteiger charge is -2.27. The Morgan fingerprint density at radius 3 is 2.58 bits per heavy atom. The van der Waals surface area contributed by atoms with E-state index in [9.17, 15) is 9.18 Å². The standard InChI is InChI=1S/C20H23FN2O/c1-14-10-17(8-9-19(14)21)23(13-16-6-4-3-5-7-16)20(24)18-12-22-11-15(18)2/h3-10,15,18,22H,11-13H2,1-2H3/t15-,18-/m1/s1. The monoisotopic (exact) mass is 326 g/mol. The van der Waals surface area contributed by atoms with Crippen molar-refractivity contribution in [1.82, 2.24) is 5.32 Å². The number of hydrogen-bond acceptors (Lipinski definition) is 2. The number of nitrogens with one attached hydrogen (secondary N) is 1. The van der Waals surface area contributed by atoms with Crippen LogP contribution in [0.4, 0.5) is 10.1 Å². The molecule has 0 bridgehead atoms. The summed E-state index contributed by atoms with van der Waals surface area (Å²) in [6.45, 7) is 5.88. The lowest BCUT2D eigenvalue weighted by Crippen LogP contribution is -2.38. The van der Waals surface area contributed by atoms with E-state index in [0.29, 0.717) is 24.6 Å². The van der Waals surface area contributed by atoms with Gasteiger partial charge < -0.3 is 10.2 Å². The SMILES string of the molecule is Cc1cc(N(Cc2ccccc2)C(=O)[C@@H]2CNC[C@H]2C)ccc1F. The molecule has 0 unspecified atom stereocenters. The molecule has 3 rings (SSSR count). The van der Waals surface area contributed by atoms with Crippen LogP contribution in [0.1, 0.15) is 18.1 Å². The summed E-state index contributed by atoms with van der Waals surface area (Å²) in [5.41, 5.74) is 2.37. The van der Waals surface area contributed by atoms with Gasteiger partial charge in [0.2, 0.25) is 5.91 Å². The number of rotatable bonds is 4. The summed E-state index contributed by atoms with van der Waals surface area (Å²) in [6, 6.07) is 14.8. The highest BCUT2D eigenvalue weighted by Gasteiger charge is 2.33. The molecule has 0 radical (unpaired) electrons. The van der Waals surface area contributed by atoms with E-state index in [0.717, 1.165) is 17.8 Å². The maximum absolute atomic E-state index is 13.6. The van der Waals surface area contributed by atoms with Gasteiger partial charge in [-0.3, -0.25) is 4.79 Å². The van der Waals surface area contributed by atoms with Crippen LogP contribution >= 0.6 is 0 Å². The van der Waals surface area contributed by atoms with E-state index >= 15 is 0 Å². The molecule has 126 valence electrons. The molecule has 3 nitrogen and oxygen atoms in total. The van der Waals surface area contributed by atoms with Crippen molar-refractivity contribution in [2.24, 2.45) is 11.8 Å². The fourth-order valence-corrected chi connectivity index (χ4v) is 3.20. The van der Waals surface area contributed by atoms with E-state index < -0.39 is 0 Å². The number of benzene rings is 2. The topological polar surface area (TPSA) is 32.3 Å². The number of aryl methyl sites for hydroxylation is 1. The molecule has 1 aliphatic rings. The quantitative estimate of drug-likeness (QED) is 0.932. The summed E-state index contributed by atoms with van der Waals surface area (Å²) >= 11 is 0. The first-order chi connectivity index (χ1) is 11.6. The minimum Gasteiger partial charge on any atom is -0.316 e. The molecule has 1 fully saturated rings. The maximum Gasteiger partial charge on any atom is 0.232 e. The Morgan fingerprint density at radius 2 is 1.96 bits per heavy atom. The van der Waals surface area contributed by atoms with Crippen molar-refractivity contribution in [1.29, 1.82) is 0 Å². The summed E-state index contributed by atoms with van der Waals surface area (Å²) in [5, 5.41) is 3.29. The summed E-state index contributed by atoms with van der Waals surface area (Å²) < 4.78 is 13.6. The van der Waals surface area contributed by atoms with Crippen LogP contribution < -0.4 is 10.2 Å². The van der Waals surface area contributed by atoms with Gasteiger partial charge in [0.25, 0.3) is 0 Å².